The van der Waals surface area contributed by atoms with Crippen LogP contribution in [0.15, 0.2) is 42.7 Å². The maximum Gasteiger partial charge on any atom is 0.180 e. The lowest BCUT2D eigenvalue weighted by atomic mass is 10.2. The summed E-state index contributed by atoms with van der Waals surface area (Å²) in [5, 5.41) is 3.25. The number of fused-ring (bicyclic) bond motifs is 1. The molecule has 0 radical (unpaired) electrons. The van der Waals surface area contributed by atoms with Gasteiger partial charge in [0.2, 0.25) is 0 Å². The van der Waals surface area contributed by atoms with Crippen molar-refractivity contribution in [3.8, 4) is 0 Å². The van der Waals surface area contributed by atoms with E-state index in [1.54, 1.807) is 24.5 Å². The van der Waals surface area contributed by atoms with Crippen molar-refractivity contribution in [2.24, 2.45) is 0 Å². The minimum absolute atomic E-state index is 0.113. The van der Waals surface area contributed by atoms with E-state index in [4.69, 9.17) is 11.6 Å². The van der Waals surface area contributed by atoms with E-state index in [2.05, 4.69) is 20.3 Å². The number of pyridine rings is 1. The standard InChI is InChI=1S/C14H10ClFN4/c15-10-7-9(1-2-11(10)16)8-19-13-4-3-12-14(20-13)18-6-5-17-12/h1-7H,8H2,(H,18,19,20). The second kappa shape index (κ2) is 5.38. The summed E-state index contributed by atoms with van der Waals surface area (Å²) >= 11 is 5.74. The molecule has 1 aromatic carbocycles. The Labute approximate surface area is 119 Å². The van der Waals surface area contributed by atoms with Crippen LogP contribution in [0.25, 0.3) is 11.2 Å². The van der Waals surface area contributed by atoms with Gasteiger partial charge in [0.25, 0.3) is 0 Å². The number of nitrogens with one attached hydrogen (secondary N) is 1. The lowest BCUT2D eigenvalue weighted by molar-refractivity contribution is 0.627. The average Bonchev–Trinajstić information content (AvgIpc) is 2.48. The van der Waals surface area contributed by atoms with Gasteiger partial charge in [-0.05, 0) is 29.8 Å². The minimum Gasteiger partial charge on any atom is -0.366 e. The van der Waals surface area contributed by atoms with E-state index in [9.17, 15) is 4.39 Å². The maximum absolute atomic E-state index is 13.1. The van der Waals surface area contributed by atoms with Gasteiger partial charge in [0.05, 0.1) is 5.02 Å². The van der Waals surface area contributed by atoms with E-state index >= 15 is 0 Å². The van der Waals surface area contributed by atoms with Crippen LogP contribution in [0, 0.1) is 5.82 Å². The van der Waals surface area contributed by atoms with Crippen LogP contribution in [0.3, 0.4) is 0 Å². The van der Waals surface area contributed by atoms with Gasteiger partial charge in [-0.2, -0.15) is 0 Å². The molecule has 0 fully saturated rings. The Morgan fingerprint density at radius 3 is 2.80 bits per heavy atom. The quantitative estimate of drug-likeness (QED) is 0.802. The Balaban J connectivity index is 1.77. The van der Waals surface area contributed by atoms with E-state index in [0.29, 0.717) is 18.0 Å². The van der Waals surface area contributed by atoms with Crippen molar-refractivity contribution < 1.29 is 4.39 Å². The smallest absolute Gasteiger partial charge is 0.180 e. The first-order chi connectivity index (χ1) is 9.72. The predicted octanol–water partition coefficient (Wildman–Crippen LogP) is 3.43. The third-order valence-electron chi connectivity index (χ3n) is 2.79. The van der Waals surface area contributed by atoms with Gasteiger partial charge in [-0.1, -0.05) is 17.7 Å². The van der Waals surface area contributed by atoms with E-state index < -0.39 is 5.82 Å². The van der Waals surface area contributed by atoms with Gasteiger partial charge in [0.1, 0.15) is 17.2 Å². The van der Waals surface area contributed by atoms with Gasteiger partial charge in [-0.25, -0.2) is 14.4 Å². The SMILES string of the molecule is Fc1ccc(CNc2ccc3nccnc3n2)cc1Cl. The number of hydrogen-bond donors (Lipinski definition) is 1. The summed E-state index contributed by atoms with van der Waals surface area (Å²) in [7, 11) is 0. The zero-order valence-electron chi connectivity index (χ0n) is 10.3. The molecule has 3 rings (SSSR count). The molecule has 0 saturated carbocycles. The fraction of sp³-hybridized carbons (Fsp3) is 0.0714. The number of benzene rings is 1. The van der Waals surface area contributed by atoms with Crippen molar-refractivity contribution in [2.75, 3.05) is 5.32 Å². The number of halogens is 2. The van der Waals surface area contributed by atoms with Crippen LogP contribution in [0.5, 0.6) is 0 Å². The summed E-state index contributed by atoms with van der Waals surface area (Å²) in [6, 6.07) is 8.27. The van der Waals surface area contributed by atoms with Crippen LogP contribution in [0.4, 0.5) is 10.2 Å². The summed E-state index contributed by atoms with van der Waals surface area (Å²) < 4.78 is 13.1. The molecule has 3 aromatic rings. The Hall–Kier alpha value is -2.27. The molecule has 20 heavy (non-hydrogen) atoms. The molecule has 0 spiro atoms. The highest BCUT2D eigenvalue weighted by atomic mass is 35.5. The molecule has 0 aliphatic carbocycles. The van der Waals surface area contributed by atoms with E-state index in [-0.39, 0.29) is 5.02 Å². The molecular weight excluding hydrogens is 279 g/mol. The summed E-state index contributed by atoms with van der Waals surface area (Å²) in [5.41, 5.74) is 2.19. The van der Waals surface area contributed by atoms with Crippen molar-refractivity contribution in [2.45, 2.75) is 6.54 Å². The summed E-state index contributed by atoms with van der Waals surface area (Å²) in [5.74, 6) is 0.257. The largest absolute Gasteiger partial charge is 0.366 e. The maximum atomic E-state index is 13.1. The highest BCUT2D eigenvalue weighted by Crippen LogP contribution is 2.17. The zero-order chi connectivity index (χ0) is 13.9. The molecule has 6 heteroatoms. The van der Waals surface area contributed by atoms with Gasteiger partial charge < -0.3 is 5.32 Å². The number of nitrogens with zero attached hydrogens (tertiary/aromatic N) is 3. The molecule has 0 saturated heterocycles. The first-order valence-electron chi connectivity index (χ1n) is 5.98. The van der Waals surface area contributed by atoms with Gasteiger partial charge in [-0.15, -0.1) is 0 Å². The Kier molecular flexibility index (Phi) is 3.43. The van der Waals surface area contributed by atoms with Crippen molar-refractivity contribution in [3.05, 3.63) is 59.1 Å². The van der Waals surface area contributed by atoms with Gasteiger partial charge in [0, 0.05) is 18.9 Å². The van der Waals surface area contributed by atoms with Crippen molar-refractivity contribution >= 4 is 28.6 Å². The molecule has 2 heterocycles. The molecule has 0 aliphatic rings. The Bertz CT molecular complexity index is 763. The number of hydrogen-bond acceptors (Lipinski definition) is 4. The molecule has 100 valence electrons. The van der Waals surface area contributed by atoms with Crippen LogP contribution in [0.2, 0.25) is 5.02 Å². The first kappa shape index (κ1) is 12.7. The second-order valence-corrected chi connectivity index (χ2v) is 4.60. The molecule has 1 N–H and O–H groups in total. The average molecular weight is 289 g/mol. The normalized spacial score (nSPS) is 10.7. The number of anilines is 1. The molecule has 0 bridgehead atoms. The molecular formula is C14H10ClFN4. The lowest BCUT2D eigenvalue weighted by Crippen LogP contribution is -2.02. The van der Waals surface area contributed by atoms with Gasteiger partial charge >= 0.3 is 0 Å². The van der Waals surface area contributed by atoms with Crippen LogP contribution in [0.1, 0.15) is 5.56 Å². The molecule has 0 atom stereocenters. The third-order valence-corrected chi connectivity index (χ3v) is 3.08. The third kappa shape index (κ3) is 2.67. The Morgan fingerprint density at radius 1 is 1.10 bits per heavy atom. The van der Waals surface area contributed by atoms with Gasteiger partial charge in [0.15, 0.2) is 5.65 Å². The van der Waals surface area contributed by atoms with Crippen molar-refractivity contribution in [1.82, 2.24) is 15.0 Å². The summed E-state index contributed by atoms with van der Waals surface area (Å²) in [6.07, 6.45) is 3.22. The number of rotatable bonds is 3. The van der Waals surface area contributed by atoms with E-state index in [1.165, 1.54) is 6.07 Å². The van der Waals surface area contributed by atoms with Crippen LogP contribution in [-0.4, -0.2) is 15.0 Å². The molecule has 2 aromatic heterocycles. The monoisotopic (exact) mass is 288 g/mol. The molecule has 4 nitrogen and oxygen atoms in total. The minimum atomic E-state index is -0.422. The topological polar surface area (TPSA) is 50.7 Å². The Morgan fingerprint density at radius 2 is 1.95 bits per heavy atom. The summed E-state index contributed by atoms with van der Waals surface area (Å²) in [4.78, 5) is 12.6. The van der Waals surface area contributed by atoms with E-state index in [1.807, 2.05) is 12.1 Å². The van der Waals surface area contributed by atoms with E-state index in [0.717, 1.165) is 11.1 Å². The highest BCUT2D eigenvalue weighted by molar-refractivity contribution is 6.30. The first-order valence-corrected chi connectivity index (χ1v) is 6.36. The van der Waals surface area contributed by atoms with Crippen LogP contribution < -0.4 is 5.32 Å². The number of aromatic nitrogens is 3. The predicted molar refractivity (Wildman–Crippen MR) is 76.1 cm³/mol. The van der Waals surface area contributed by atoms with Crippen molar-refractivity contribution in [3.63, 3.8) is 0 Å². The molecule has 0 aliphatic heterocycles. The molecule has 0 amide bonds. The summed E-state index contributed by atoms with van der Waals surface area (Å²) in [6.45, 7) is 0.499. The fourth-order valence-electron chi connectivity index (χ4n) is 1.80. The van der Waals surface area contributed by atoms with Crippen LogP contribution in [-0.2, 0) is 6.54 Å². The fourth-order valence-corrected chi connectivity index (χ4v) is 2.00. The van der Waals surface area contributed by atoms with Crippen LogP contribution >= 0.6 is 11.6 Å². The molecule has 0 unspecified atom stereocenters. The zero-order valence-corrected chi connectivity index (χ0v) is 11.1. The highest BCUT2D eigenvalue weighted by Gasteiger charge is 2.02. The second-order valence-electron chi connectivity index (χ2n) is 4.20. The lowest BCUT2D eigenvalue weighted by Gasteiger charge is -2.07. The van der Waals surface area contributed by atoms with Gasteiger partial charge in [-0.3, -0.25) is 4.98 Å². The van der Waals surface area contributed by atoms with Crippen molar-refractivity contribution in [1.29, 1.82) is 0 Å².